The van der Waals surface area contributed by atoms with Crippen molar-refractivity contribution in [2.75, 3.05) is 0 Å². The van der Waals surface area contributed by atoms with Gasteiger partial charge in [-0.05, 0) is 65.3 Å². The number of carbonyl (C=O) groups excluding carboxylic acids is 2. The molecule has 0 aliphatic heterocycles. The number of pyridine rings is 1. The summed E-state index contributed by atoms with van der Waals surface area (Å²) in [6.45, 7) is 9.59. The standard InChI is InChI=1S/C24H26F3N3O6/c1-22(2,3)35-20(31)30(21(32)36-23(4,5)6)12-15-11-17(18-19(29-15)33-13-28-18)14-7-9-16(10-8-14)34-24(25,26)27/h7-11,13H,12H2,1-6H3. The van der Waals surface area contributed by atoms with Gasteiger partial charge < -0.3 is 18.6 Å². The Labute approximate surface area is 205 Å². The van der Waals surface area contributed by atoms with E-state index in [0.29, 0.717) is 16.6 Å². The fraction of sp³-hybridized carbons (Fsp3) is 0.417. The van der Waals surface area contributed by atoms with Gasteiger partial charge in [-0.25, -0.2) is 24.5 Å². The van der Waals surface area contributed by atoms with Crippen LogP contribution in [0.3, 0.4) is 0 Å². The third-order valence-electron chi connectivity index (χ3n) is 4.31. The molecule has 0 unspecified atom stereocenters. The second-order valence-corrected chi connectivity index (χ2v) is 9.79. The number of oxazole rings is 1. The van der Waals surface area contributed by atoms with E-state index < -0.39 is 35.5 Å². The van der Waals surface area contributed by atoms with Crippen molar-refractivity contribution in [2.45, 2.75) is 65.7 Å². The molecule has 0 N–H and O–H groups in total. The van der Waals surface area contributed by atoms with Crippen molar-refractivity contribution in [1.29, 1.82) is 0 Å². The lowest BCUT2D eigenvalue weighted by Crippen LogP contribution is -2.43. The Morgan fingerprint density at radius 1 is 0.944 bits per heavy atom. The Balaban J connectivity index is 1.99. The molecule has 2 aromatic heterocycles. The van der Waals surface area contributed by atoms with Gasteiger partial charge in [-0.15, -0.1) is 13.2 Å². The SMILES string of the molecule is CC(C)(C)OC(=O)N(Cc1cc(-c2ccc(OC(F)(F)F)cc2)c2ncoc2n1)C(=O)OC(C)(C)C. The van der Waals surface area contributed by atoms with Crippen LogP contribution in [0.25, 0.3) is 22.4 Å². The molecule has 9 nitrogen and oxygen atoms in total. The first-order valence-corrected chi connectivity index (χ1v) is 10.8. The number of imide groups is 1. The molecule has 0 saturated carbocycles. The molecule has 36 heavy (non-hydrogen) atoms. The van der Waals surface area contributed by atoms with E-state index >= 15 is 0 Å². The zero-order chi connectivity index (χ0) is 26.9. The fourth-order valence-corrected chi connectivity index (χ4v) is 3.04. The fourth-order valence-electron chi connectivity index (χ4n) is 3.04. The largest absolute Gasteiger partial charge is 0.573 e. The lowest BCUT2D eigenvalue weighted by atomic mass is 10.0. The van der Waals surface area contributed by atoms with Crippen molar-refractivity contribution in [3.05, 3.63) is 42.4 Å². The summed E-state index contributed by atoms with van der Waals surface area (Å²) in [5.41, 5.74) is -0.169. The summed E-state index contributed by atoms with van der Waals surface area (Å²) in [5, 5.41) is 0. The first-order valence-electron chi connectivity index (χ1n) is 10.8. The van der Waals surface area contributed by atoms with Crippen LogP contribution in [0.2, 0.25) is 0 Å². The van der Waals surface area contributed by atoms with E-state index in [9.17, 15) is 22.8 Å². The number of fused-ring (bicyclic) bond motifs is 1. The molecule has 0 aliphatic carbocycles. The second kappa shape index (κ2) is 9.67. The average Bonchev–Trinajstić information content (AvgIpc) is 3.16. The van der Waals surface area contributed by atoms with Crippen LogP contribution in [0.1, 0.15) is 47.2 Å². The van der Waals surface area contributed by atoms with Gasteiger partial charge in [0.2, 0.25) is 5.71 Å². The van der Waals surface area contributed by atoms with Crippen LogP contribution in [0.5, 0.6) is 5.75 Å². The highest BCUT2D eigenvalue weighted by Gasteiger charge is 2.33. The summed E-state index contributed by atoms with van der Waals surface area (Å²) in [4.78, 5) is 34.9. The lowest BCUT2D eigenvalue weighted by molar-refractivity contribution is -0.274. The van der Waals surface area contributed by atoms with E-state index in [2.05, 4.69) is 14.7 Å². The maximum atomic E-state index is 12.8. The monoisotopic (exact) mass is 509 g/mol. The molecule has 0 aliphatic rings. The van der Waals surface area contributed by atoms with Crippen molar-refractivity contribution in [2.24, 2.45) is 0 Å². The molecular weight excluding hydrogens is 483 g/mol. The van der Waals surface area contributed by atoms with Gasteiger partial charge in [0.1, 0.15) is 22.5 Å². The maximum Gasteiger partial charge on any atom is 0.573 e. The number of aromatic nitrogens is 2. The van der Waals surface area contributed by atoms with Gasteiger partial charge in [-0.2, -0.15) is 0 Å². The molecule has 2 amide bonds. The third-order valence-corrected chi connectivity index (χ3v) is 4.31. The number of alkyl halides is 3. The van der Waals surface area contributed by atoms with E-state index in [1.807, 2.05) is 0 Å². The van der Waals surface area contributed by atoms with E-state index in [-0.39, 0.29) is 18.0 Å². The summed E-state index contributed by atoms with van der Waals surface area (Å²) < 4.78 is 57.5. The first-order chi connectivity index (χ1) is 16.5. The summed E-state index contributed by atoms with van der Waals surface area (Å²) in [7, 11) is 0. The number of halogens is 3. The van der Waals surface area contributed by atoms with Crippen LogP contribution in [0.15, 0.2) is 41.1 Å². The number of nitrogens with zero attached hydrogens (tertiary/aromatic N) is 3. The molecule has 0 atom stereocenters. The molecule has 0 radical (unpaired) electrons. The lowest BCUT2D eigenvalue weighted by Gasteiger charge is -2.28. The molecule has 1 aromatic carbocycles. The van der Waals surface area contributed by atoms with Gasteiger partial charge in [-0.1, -0.05) is 12.1 Å². The van der Waals surface area contributed by atoms with Crippen LogP contribution in [0.4, 0.5) is 22.8 Å². The molecular formula is C24H26F3N3O6. The molecule has 0 saturated heterocycles. The van der Waals surface area contributed by atoms with Crippen LogP contribution < -0.4 is 4.74 Å². The minimum absolute atomic E-state index is 0.103. The Bertz CT molecular complexity index is 1210. The van der Waals surface area contributed by atoms with Gasteiger partial charge in [0.15, 0.2) is 6.39 Å². The highest BCUT2D eigenvalue weighted by Crippen LogP contribution is 2.31. The molecule has 2 heterocycles. The van der Waals surface area contributed by atoms with E-state index in [1.54, 1.807) is 47.6 Å². The summed E-state index contributed by atoms with van der Waals surface area (Å²) >= 11 is 0. The number of amides is 2. The predicted octanol–water partition coefficient (Wildman–Crippen LogP) is 6.46. The predicted molar refractivity (Wildman–Crippen MR) is 122 cm³/mol. The van der Waals surface area contributed by atoms with Crippen molar-refractivity contribution in [1.82, 2.24) is 14.9 Å². The van der Waals surface area contributed by atoms with Gasteiger partial charge in [0.05, 0.1) is 12.2 Å². The molecule has 0 spiro atoms. The van der Waals surface area contributed by atoms with Gasteiger partial charge >= 0.3 is 18.5 Å². The minimum Gasteiger partial charge on any atom is -0.443 e. The Morgan fingerprint density at radius 2 is 1.50 bits per heavy atom. The van der Waals surface area contributed by atoms with Gasteiger partial charge in [0.25, 0.3) is 0 Å². The quantitative estimate of drug-likeness (QED) is 0.395. The number of rotatable bonds is 4. The van der Waals surface area contributed by atoms with Crippen LogP contribution in [-0.4, -0.2) is 44.6 Å². The summed E-state index contributed by atoms with van der Waals surface area (Å²) in [6.07, 6.45) is -5.54. The van der Waals surface area contributed by atoms with E-state index in [1.165, 1.54) is 12.1 Å². The Hall–Kier alpha value is -3.83. The smallest absolute Gasteiger partial charge is 0.443 e. The van der Waals surface area contributed by atoms with Gasteiger partial charge in [0, 0.05) is 5.56 Å². The first kappa shape index (κ1) is 26.8. The Kier molecular flexibility index (Phi) is 7.19. The number of carbonyl (C=O) groups is 2. The highest BCUT2D eigenvalue weighted by atomic mass is 19.4. The molecule has 12 heteroatoms. The highest BCUT2D eigenvalue weighted by molar-refractivity contribution is 5.90. The normalized spacial score (nSPS) is 12.4. The van der Waals surface area contributed by atoms with E-state index in [0.717, 1.165) is 23.4 Å². The maximum absolute atomic E-state index is 12.8. The topological polar surface area (TPSA) is 104 Å². The summed E-state index contributed by atoms with van der Waals surface area (Å²) in [5.74, 6) is -0.391. The molecule has 194 valence electrons. The number of ether oxygens (including phenoxy) is 3. The molecule has 3 rings (SSSR count). The molecule has 3 aromatic rings. The van der Waals surface area contributed by atoms with Crippen molar-refractivity contribution >= 4 is 23.4 Å². The zero-order valence-electron chi connectivity index (χ0n) is 20.6. The van der Waals surface area contributed by atoms with E-state index in [4.69, 9.17) is 13.9 Å². The van der Waals surface area contributed by atoms with Crippen LogP contribution >= 0.6 is 0 Å². The number of hydrogen-bond donors (Lipinski definition) is 0. The molecule has 0 fully saturated rings. The van der Waals surface area contributed by atoms with Crippen molar-refractivity contribution < 1.29 is 41.4 Å². The average molecular weight is 509 g/mol. The van der Waals surface area contributed by atoms with Crippen molar-refractivity contribution in [3.8, 4) is 16.9 Å². The zero-order valence-corrected chi connectivity index (χ0v) is 20.6. The van der Waals surface area contributed by atoms with Crippen LogP contribution in [0, 0.1) is 0 Å². The number of hydrogen-bond acceptors (Lipinski definition) is 8. The third kappa shape index (κ3) is 7.33. The van der Waals surface area contributed by atoms with Crippen LogP contribution in [-0.2, 0) is 16.0 Å². The van der Waals surface area contributed by atoms with Crippen molar-refractivity contribution in [3.63, 3.8) is 0 Å². The van der Waals surface area contributed by atoms with Gasteiger partial charge in [-0.3, -0.25) is 0 Å². The summed E-state index contributed by atoms with van der Waals surface area (Å²) in [6, 6.07) is 6.68. The number of benzene rings is 1. The minimum atomic E-state index is -4.82. The second-order valence-electron chi connectivity index (χ2n) is 9.79. The Morgan fingerprint density at radius 3 is 2.00 bits per heavy atom. The molecule has 0 bridgehead atoms.